The average Bonchev–Trinajstić information content (AvgIpc) is 2.37. The van der Waals surface area contributed by atoms with Crippen LogP contribution in [0.25, 0.3) is 0 Å². The molecule has 5 fully saturated rings. The van der Waals surface area contributed by atoms with Crippen molar-refractivity contribution in [2.45, 2.75) is 69.9 Å². The van der Waals surface area contributed by atoms with Gasteiger partial charge in [-0.3, -0.25) is 0 Å². The van der Waals surface area contributed by atoms with E-state index >= 15 is 0 Å². The Morgan fingerprint density at radius 1 is 0.944 bits per heavy atom. The van der Waals surface area contributed by atoms with Crippen LogP contribution in [0.2, 0.25) is 0 Å². The minimum absolute atomic E-state index is 0.0637. The molecular formula is C16H27NO. The molecular weight excluding hydrogens is 222 g/mol. The molecule has 0 aromatic rings. The highest BCUT2D eigenvalue weighted by atomic mass is 16.3. The van der Waals surface area contributed by atoms with Crippen LogP contribution in [0.1, 0.15) is 57.8 Å². The molecule has 0 aromatic carbocycles. The smallest absolute Gasteiger partial charge is 0.0749 e. The number of hydrogen-bond donors (Lipinski definition) is 2. The van der Waals surface area contributed by atoms with Crippen molar-refractivity contribution in [2.75, 3.05) is 6.54 Å². The molecule has 4 aliphatic carbocycles. The van der Waals surface area contributed by atoms with Crippen LogP contribution in [-0.2, 0) is 0 Å². The van der Waals surface area contributed by atoms with E-state index in [0.29, 0.717) is 11.5 Å². The number of piperidine rings is 1. The van der Waals surface area contributed by atoms with Crippen LogP contribution in [0.3, 0.4) is 0 Å². The summed E-state index contributed by atoms with van der Waals surface area (Å²) in [6.45, 7) is 1.12. The van der Waals surface area contributed by atoms with Gasteiger partial charge in [-0.2, -0.15) is 0 Å². The fourth-order valence-electron chi connectivity index (χ4n) is 6.11. The van der Waals surface area contributed by atoms with Gasteiger partial charge >= 0.3 is 0 Å². The second-order valence-corrected chi connectivity index (χ2v) is 7.78. The van der Waals surface area contributed by atoms with Gasteiger partial charge in [0.2, 0.25) is 0 Å². The van der Waals surface area contributed by atoms with Crippen molar-refractivity contribution in [3.8, 4) is 0 Å². The van der Waals surface area contributed by atoms with E-state index in [4.69, 9.17) is 0 Å². The van der Waals surface area contributed by atoms with Gasteiger partial charge < -0.3 is 10.4 Å². The minimum atomic E-state index is -0.0637. The molecule has 2 heteroatoms. The largest absolute Gasteiger partial charge is 0.391 e. The number of aliphatic hydroxyl groups is 1. The summed E-state index contributed by atoms with van der Waals surface area (Å²) < 4.78 is 0. The van der Waals surface area contributed by atoms with Crippen molar-refractivity contribution in [3.05, 3.63) is 0 Å². The van der Waals surface area contributed by atoms with Gasteiger partial charge in [-0.15, -0.1) is 0 Å². The second kappa shape index (κ2) is 4.21. The van der Waals surface area contributed by atoms with Crippen molar-refractivity contribution in [3.63, 3.8) is 0 Å². The zero-order valence-corrected chi connectivity index (χ0v) is 11.4. The SMILES string of the molecule is OC(C1CCCCN1)C12CC3CC(CC(C3)C1)C2. The molecule has 2 nitrogen and oxygen atoms in total. The monoisotopic (exact) mass is 249 g/mol. The number of hydrogen-bond acceptors (Lipinski definition) is 2. The van der Waals surface area contributed by atoms with Crippen molar-refractivity contribution >= 4 is 0 Å². The van der Waals surface area contributed by atoms with Gasteiger partial charge in [-0.1, -0.05) is 6.42 Å². The lowest BCUT2D eigenvalue weighted by molar-refractivity contribution is -0.132. The third-order valence-electron chi connectivity index (χ3n) is 6.44. The molecule has 2 atom stereocenters. The molecule has 2 N–H and O–H groups in total. The lowest BCUT2D eigenvalue weighted by Gasteiger charge is -2.59. The first-order valence-corrected chi connectivity index (χ1v) is 8.17. The first-order valence-electron chi connectivity index (χ1n) is 8.17. The van der Waals surface area contributed by atoms with E-state index < -0.39 is 0 Å². The maximum Gasteiger partial charge on any atom is 0.0749 e. The van der Waals surface area contributed by atoms with Crippen LogP contribution in [-0.4, -0.2) is 23.8 Å². The van der Waals surface area contributed by atoms with E-state index in [0.717, 1.165) is 24.3 Å². The summed E-state index contributed by atoms with van der Waals surface area (Å²) in [5.41, 5.74) is 0.309. The van der Waals surface area contributed by atoms with Crippen molar-refractivity contribution < 1.29 is 5.11 Å². The Bertz CT molecular complexity index is 286. The molecule has 0 spiro atoms. The Kier molecular flexibility index (Phi) is 2.74. The zero-order valence-electron chi connectivity index (χ0n) is 11.4. The van der Waals surface area contributed by atoms with Gasteiger partial charge in [0.15, 0.2) is 0 Å². The lowest BCUT2D eigenvalue weighted by Crippen LogP contribution is -2.58. The highest BCUT2D eigenvalue weighted by Crippen LogP contribution is 2.61. The van der Waals surface area contributed by atoms with Crippen LogP contribution >= 0.6 is 0 Å². The number of rotatable bonds is 2. The summed E-state index contributed by atoms with van der Waals surface area (Å²) in [7, 11) is 0. The Morgan fingerprint density at radius 2 is 1.56 bits per heavy atom. The molecule has 5 rings (SSSR count). The summed E-state index contributed by atoms with van der Waals surface area (Å²) in [5, 5.41) is 14.6. The van der Waals surface area contributed by atoms with E-state index in [1.165, 1.54) is 57.8 Å². The molecule has 5 aliphatic rings. The van der Waals surface area contributed by atoms with E-state index in [2.05, 4.69) is 5.32 Å². The van der Waals surface area contributed by atoms with Crippen LogP contribution in [0, 0.1) is 23.2 Å². The first-order chi connectivity index (χ1) is 8.75. The van der Waals surface area contributed by atoms with E-state index in [1.54, 1.807) is 0 Å². The van der Waals surface area contributed by atoms with Gasteiger partial charge in [0.25, 0.3) is 0 Å². The van der Waals surface area contributed by atoms with E-state index in [1.807, 2.05) is 0 Å². The predicted molar refractivity (Wildman–Crippen MR) is 72.3 cm³/mol. The quantitative estimate of drug-likeness (QED) is 0.788. The van der Waals surface area contributed by atoms with Crippen LogP contribution < -0.4 is 5.32 Å². The summed E-state index contributed by atoms with van der Waals surface area (Å²) in [6, 6.07) is 0.398. The normalized spacial score (nSPS) is 52.5. The summed E-state index contributed by atoms with van der Waals surface area (Å²) in [6.07, 6.45) is 12.2. The topological polar surface area (TPSA) is 32.3 Å². The van der Waals surface area contributed by atoms with Gasteiger partial charge in [0.1, 0.15) is 0 Å². The maximum absolute atomic E-state index is 11.0. The van der Waals surface area contributed by atoms with Crippen molar-refractivity contribution in [1.29, 1.82) is 0 Å². The molecule has 1 heterocycles. The number of aliphatic hydroxyl groups excluding tert-OH is 1. The maximum atomic E-state index is 11.0. The summed E-state index contributed by atoms with van der Waals surface area (Å²) >= 11 is 0. The highest BCUT2D eigenvalue weighted by Gasteiger charge is 2.55. The van der Waals surface area contributed by atoms with Crippen molar-refractivity contribution in [2.24, 2.45) is 23.2 Å². The average molecular weight is 249 g/mol. The molecule has 1 saturated heterocycles. The standard InChI is InChI=1S/C16H27NO/c18-15(14-3-1-2-4-17-14)16-8-11-5-12(9-16)7-13(6-11)10-16/h11-15,17-18H,1-10H2. The lowest BCUT2D eigenvalue weighted by atomic mass is 9.47. The van der Waals surface area contributed by atoms with Gasteiger partial charge in [0.05, 0.1) is 6.10 Å². The Balaban J connectivity index is 1.55. The van der Waals surface area contributed by atoms with Gasteiger partial charge in [0, 0.05) is 6.04 Å². The summed E-state index contributed by atoms with van der Waals surface area (Å²) in [5.74, 6) is 2.86. The predicted octanol–water partition coefficient (Wildman–Crippen LogP) is 2.71. The van der Waals surface area contributed by atoms with Crippen molar-refractivity contribution in [1.82, 2.24) is 5.32 Å². The summed E-state index contributed by atoms with van der Waals surface area (Å²) in [4.78, 5) is 0. The fraction of sp³-hybridized carbons (Fsp3) is 1.00. The molecule has 102 valence electrons. The van der Waals surface area contributed by atoms with E-state index in [-0.39, 0.29) is 6.10 Å². The zero-order chi connectivity index (χ0) is 12.2. The van der Waals surface area contributed by atoms with Gasteiger partial charge in [-0.05, 0) is 81.1 Å². The Morgan fingerprint density at radius 3 is 2.06 bits per heavy atom. The molecule has 4 bridgehead atoms. The number of nitrogens with one attached hydrogen (secondary N) is 1. The molecule has 0 amide bonds. The first kappa shape index (κ1) is 11.7. The minimum Gasteiger partial charge on any atom is -0.391 e. The fourth-order valence-corrected chi connectivity index (χ4v) is 6.11. The highest BCUT2D eigenvalue weighted by molar-refractivity contribution is 5.06. The van der Waals surface area contributed by atoms with E-state index in [9.17, 15) is 5.11 Å². The molecule has 4 saturated carbocycles. The Hall–Kier alpha value is -0.0800. The second-order valence-electron chi connectivity index (χ2n) is 7.78. The van der Waals surface area contributed by atoms with Crippen LogP contribution in [0.5, 0.6) is 0 Å². The molecule has 2 unspecified atom stereocenters. The third kappa shape index (κ3) is 1.76. The molecule has 0 radical (unpaired) electrons. The van der Waals surface area contributed by atoms with Crippen LogP contribution in [0.15, 0.2) is 0 Å². The molecule has 1 aliphatic heterocycles. The molecule has 18 heavy (non-hydrogen) atoms. The van der Waals surface area contributed by atoms with Crippen LogP contribution in [0.4, 0.5) is 0 Å². The van der Waals surface area contributed by atoms with Gasteiger partial charge in [-0.25, -0.2) is 0 Å². The Labute approximate surface area is 111 Å². The third-order valence-corrected chi connectivity index (χ3v) is 6.44. The molecule has 0 aromatic heterocycles.